The van der Waals surface area contributed by atoms with Crippen molar-refractivity contribution in [2.45, 2.75) is 26.2 Å². The molecule has 1 fully saturated rings. The highest BCUT2D eigenvalue weighted by molar-refractivity contribution is 6.30. The average Bonchev–Trinajstić information content (AvgIpc) is 2.32. The summed E-state index contributed by atoms with van der Waals surface area (Å²) in [5.74, 6) is 0.340. The van der Waals surface area contributed by atoms with Crippen LogP contribution >= 0.6 is 11.6 Å². The van der Waals surface area contributed by atoms with Crippen LogP contribution in [0.5, 0.6) is 0 Å². The fourth-order valence-corrected chi connectivity index (χ4v) is 2.38. The highest BCUT2D eigenvalue weighted by Gasteiger charge is 2.21. The normalized spacial score (nSPS) is 25.4. The summed E-state index contributed by atoms with van der Waals surface area (Å²) in [5, 5.41) is 13.3. The Labute approximate surface area is 107 Å². The lowest BCUT2D eigenvalue weighted by molar-refractivity contribution is 0.313. The van der Waals surface area contributed by atoms with Crippen molar-refractivity contribution < 1.29 is 5.21 Å². The number of nitrogens with zero attached hydrogens (tertiary/aromatic N) is 1. The maximum absolute atomic E-state index is 9.08. The molecule has 0 amide bonds. The van der Waals surface area contributed by atoms with Crippen molar-refractivity contribution in [3.8, 4) is 0 Å². The minimum atomic E-state index is 0.340. The molecular formula is C14H16ClNO. The van der Waals surface area contributed by atoms with Crippen LogP contribution in [0.2, 0.25) is 5.02 Å². The van der Waals surface area contributed by atoms with Crippen LogP contribution < -0.4 is 0 Å². The van der Waals surface area contributed by atoms with E-state index >= 15 is 0 Å². The van der Waals surface area contributed by atoms with Gasteiger partial charge in [-0.05, 0) is 48.6 Å². The molecule has 0 spiro atoms. The number of hydrogen-bond donors (Lipinski definition) is 1. The molecule has 17 heavy (non-hydrogen) atoms. The van der Waals surface area contributed by atoms with E-state index in [0.717, 1.165) is 41.1 Å². The van der Waals surface area contributed by atoms with E-state index in [2.05, 4.69) is 18.2 Å². The van der Waals surface area contributed by atoms with Crippen molar-refractivity contribution >= 4 is 23.4 Å². The van der Waals surface area contributed by atoms with Crippen LogP contribution in [-0.4, -0.2) is 10.9 Å². The van der Waals surface area contributed by atoms with E-state index < -0.39 is 0 Å². The molecule has 90 valence electrons. The van der Waals surface area contributed by atoms with Crippen molar-refractivity contribution in [3.63, 3.8) is 0 Å². The average molecular weight is 250 g/mol. The van der Waals surface area contributed by atoms with Crippen LogP contribution in [0, 0.1) is 5.92 Å². The van der Waals surface area contributed by atoms with Gasteiger partial charge in [0, 0.05) is 10.9 Å². The van der Waals surface area contributed by atoms with Gasteiger partial charge in [0.05, 0.1) is 5.71 Å². The number of allylic oxidation sites excluding steroid dienone is 1. The Morgan fingerprint density at radius 1 is 1.35 bits per heavy atom. The molecule has 3 heteroatoms. The van der Waals surface area contributed by atoms with E-state index in [1.165, 1.54) is 0 Å². The lowest BCUT2D eigenvalue weighted by Crippen LogP contribution is -2.19. The summed E-state index contributed by atoms with van der Waals surface area (Å²) >= 11 is 5.85. The summed E-state index contributed by atoms with van der Waals surface area (Å²) in [7, 11) is 0. The molecule has 1 unspecified atom stereocenters. The topological polar surface area (TPSA) is 32.6 Å². The van der Waals surface area contributed by atoms with Crippen molar-refractivity contribution in [2.75, 3.05) is 0 Å². The molecule has 0 aromatic heterocycles. The highest BCUT2D eigenvalue weighted by Crippen LogP contribution is 2.27. The monoisotopic (exact) mass is 249 g/mol. The first-order valence-corrected chi connectivity index (χ1v) is 6.27. The molecule has 1 aliphatic rings. The zero-order valence-corrected chi connectivity index (χ0v) is 10.6. The Balaban J connectivity index is 2.28. The third-order valence-electron chi connectivity index (χ3n) is 3.20. The molecular weight excluding hydrogens is 234 g/mol. The first-order valence-electron chi connectivity index (χ1n) is 5.89. The third kappa shape index (κ3) is 2.89. The predicted molar refractivity (Wildman–Crippen MR) is 71.7 cm³/mol. The molecule has 0 aliphatic heterocycles. The Hall–Kier alpha value is -1.28. The molecule has 1 aromatic rings. The zero-order chi connectivity index (χ0) is 12.3. The van der Waals surface area contributed by atoms with Crippen LogP contribution in [-0.2, 0) is 0 Å². The fourth-order valence-electron chi connectivity index (χ4n) is 2.25. The van der Waals surface area contributed by atoms with Crippen LogP contribution in [0.25, 0.3) is 6.08 Å². The first kappa shape index (κ1) is 12.2. The molecule has 1 aromatic carbocycles. The first-order chi connectivity index (χ1) is 8.20. The predicted octanol–water partition coefficient (Wildman–Crippen LogP) is 4.37. The number of halogens is 1. The van der Waals surface area contributed by atoms with E-state index in [1.807, 2.05) is 24.3 Å². The van der Waals surface area contributed by atoms with Crippen molar-refractivity contribution in [1.29, 1.82) is 0 Å². The Morgan fingerprint density at radius 2 is 2.06 bits per heavy atom. The summed E-state index contributed by atoms with van der Waals surface area (Å²) in [4.78, 5) is 0. The second-order valence-corrected chi connectivity index (χ2v) is 4.94. The summed E-state index contributed by atoms with van der Waals surface area (Å²) in [6.07, 6.45) is 5.31. The lowest BCUT2D eigenvalue weighted by atomic mass is 9.84. The zero-order valence-electron chi connectivity index (χ0n) is 9.86. The van der Waals surface area contributed by atoms with Gasteiger partial charge >= 0.3 is 0 Å². The summed E-state index contributed by atoms with van der Waals surface area (Å²) < 4.78 is 0. The summed E-state index contributed by atoms with van der Waals surface area (Å²) in [6.45, 7) is 2.10. The molecule has 2 nitrogen and oxygen atoms in total. The Kier molecular flexibility index (Phi) is 3.85. The number of oxime groups is 1. The van der Waals surface area contributed by atoms with Crippen LogP contribution in [0.1, 0.15) is 31.7 Å². The van der Waals surface area contributed by atoms with Crippen LogP contribution in [0.4, 0.5) is 0 Å². The number of benzene rings is 1. The Morgan fingerprint density at radius 3 is 2.71 bits per heavy atom. The summed E-state index contributed by atoms with van der Waals surface area (Å²) in [6, 6.07) is 7.69. The Bertz CT molecular complexity index is 448. The molecule has 1 atom stereocenters. The van der Waals surface area contributed by atoms with Crippen LogP contribution in [0.15, 0.2) is 35.0 Å². The molecule has 0 bridgehead atoms. The van der Waals surface area contributed by atoms with Gasteiger partial charge in [-0.25, -0.2) is 0 Å². The quantitative estimate of drug-likeness (QED) is 0.582. The van der Waals surface area contributed by atoms with Crippen molar-refractivity contribution in [2.24, 2.45) is 11.1 Å². The van der Waals surface area contributed by atoms with Gasteiger partial charge in [0.15, 0.2) is 0 Å². The lowest BCUT2D eigenvalue weighted by Gasteiger charge is -2.22. The van der Waals surface area contributed by atoms with Gasteiger partial charge in [0.25, 0.3) is 0 Å². The standard InChI is InChI=1S/C14H16ClNO/c1-10-3-2-4-12(14(10)16-17)9-11-5-7-13(15)8-6-11/h5-10,17H,2-4H2,1H3/b12-9+,16-14+. The van der Waals surface area contributed by atoms with E-state index in [4.69, 9.17) is 16.8 Å². The van der Waals surface area contributed by atoms with Gasteiger partial charge in [-0.2, -0.15) is 0 Å². The minimum absolute atomic E-state index is 0.340. The molecule has 0 saturated heterocycles. The second-order valence-electron chi connectivity index (χ2n) is 4.50. The van der Waals surface area contributed by atoms with Gasteiger partial charge in [0.1, 0.15) is 0 Å². The van der Waals surface area contributed by atoms with Gasteiger partial charge < -0.3 is 5.21 Å². The third-order valence-corrected chi connectivity index (χ3v) is 3.45. The number of rotatable bonds is 1. The fraction of sp³-hybridized carbons (Fsp3) is 0.357. The molecule has 0 radical (unpaired) electrons. The van der Waals surface area contributed by atoms with Gasteiger partial charge in [0.2, 0.25) is 0 Å². The molecule has 1 aliphatic carbocycles. The van der Waals surface area contributed by atoms with E-state index in [0.29, 0.717) is 5.92 Å². The number of hydrogen-bond acceptors (Lipinski definition) is 2. The van der Waals surface area contributed by atoms with E-state index in [-0.39, 0.29) is 0 Å². The highest BCUT2D eigenvalue weighted by atomic mass is 35.5. The van der Waals surface area contributed by atoms with Crippen molar-refractivity contribution in [3.05, 3.63) is 40.4 Å². The SMILES string of the molecule is CC1CCCC(=C\c2ccc(Cl)cc2)/C1=N/O. The van der Waals surface area contributed by atoms with Crippen LogP contribution in [0.3, 0.4) is 0 Å². The molecule has 1 N–H and O–H groups in total. The maximum atomic E-state index is 9.08. The second kappa shape index (κ2) is 5.37. The van der Waals surface area contributed by atoms with E-state index in [9.17, 15) is 0 Å². The summed E-state index contributed by atoms with van der Waals surface area (Å²) in [5.41, 5.74) is 3.06. The minimum Gasteiger partial charge on any atom is -0.411 e. The maximum Gasteiger partial charge on any atom is 0.0855 e. The molecule has 0 heterocycles. The van der Waals surface area contributed by atoms with Gasteiger partial charge in [-0.1, -0.05) is 35.8 Å². The smallest absolute Gasteiger partial charge is 0.0855 e. The van der Waals surface area contributed by atoms with Gasteiger partial charge in [-0.3, -0.25) is 0 Å². The molecule has 1 saturated carbocycles. The largest absolute Gasteiger partial charge is 0.411 e. The molecule has 2 rings (SSSR count). The van der Waals surface area contributed by atoms with E-state index in [1.54, 1.807) is 0 Å². The van der Waals surface area contributed by atoms with Crippen molar-refractivity contribution in [1.82, 2.24) is 0 Å². The van der Waals surface area contributed by atoms with Gasteiger partial charge in [-0.15, -0.1) is 0 Å².